The van der Waals surface area contributed by atoms with E-state index in [4.69, 9.17) is 9.72 Å². The number of rotatable bonds is 8. The lowest BCUT2D eigenvalue weighted by Crippen LogP contribution is -2.47. The predicted octanol–water partition coefficient (Wildman–Crippen LogP) is 5.72. The van der Waals surface area contributed by atoms with E-state index >= 15 is 0 Å². The van der Waals surface area contributed by atoms with E-state index in [2.05, 4.69) is 27.4 Å². The largest absolute Gasteiger partial charge is 0.481 e. The van der Waals surface area contributed by atoms with Gasteiger partial charge in [-0.1, -0.05) is 12.1 Å². The van der Waals surface area contributed by atoms with Crippen molar-refractivity contribution in [1.29, 1.82) is 0 Å². The second-order valence-electron chi connectivity index (χ2n) is 10.0. The first kappa shape index (κ1) is 22.1. The summed E-state index contributed by atoms with van der Waals surface area (Å²) in [5, 5.41) is 10.2. The van der Waals surface area contributed by atoms with Gasteiger partial charge in [0.05, 0.1) is 12.0 Å². The molecule has 172 valence electrons. The third-order valence-corrected chi connectivity index (χ3v) is 8.47. The molecule has 7 heteroatoms. The number of carboxylic acids is 1. The van der Waals surface area contributed by atoms with Crippen LogP contribution in [0.2, 0.25) is 0 Å². The van der Waals surface area contributed by atoms with Crippen LogP contribution in [0.15, 0.2) is 28.9 Å². The summed E-state index contributed by atoms with van der Waals surface area (Å²) >= 11 is 3.63. The Morgan fingerprint density at radius 2 is 1.78 bits per heavy atom. The molecule has 0 aliphatic heterocycles. The Morgan fingerprint density at radius 3 is 2.34 bits per heavy atom. The van der Waals surface area contributed by atoms with Crippen molar-refractivity contribution in [3.8, 4) is 0 Å². The summed E-state index contributed by atoms with van der Waals surface area (Å²) in [5.74, 6) is 1.03. The first-order valence-corrected chi connectivity index (χ1v) is 12.5. The maximum absolute atomic E-state index is 13.5. The van der Waals surface area contributed by atoms with E-state index in [1.807, 2.05) is 0 Å². The maximum Gasteiger partial charge on any atom is 0.314 e. The Morgan fingerprint density at radius 1 is 1.16 bits per heavy atom. The molecule has 0 amide bonds. The topological polar surface area (TPSA) is 64.3 Å². The third-order valence-electron chi connectivity index (χ3n) is 7.72. The lowest BCUT2D eigenvalue weighted by molar-refractivity contribution is -0.151. The SMILES string of the molecule is Cc1c(Br)nc([C@]2(OCC3CC3)CC[C@](C(=O)O)(c3ccc(F)cc3)CC2)n1CC1CC1. The molecule has 3 fully saturated rings. The van der Waals surface area contributed by atoms with Crippen LogP contribution in [0.5, 0.6) is 0 Å². The summed E-state index contributed by atoms with van der Waals surface area (Å²) in [6, 6.07) is 5.95. The highest BCUT2D eigenvalue weighted by Crippen LogP contribution is 2.51. The average Bonchev–Trinajstić information content (AvgIpc) is 3.70. The molecule has 3 aliphatic rings. The summed E-state index contributed by atoms with van der Waals surface area (Å²) in [5.41, 5.74) is 0.156. The minimum Gasteiger partial charge on any atom is -0.481 e. The van der Waals surface area contributed by atoms with Crippen molar-refractivity contribution >= 4 is 21.9 Å². The molecular weight excluding hydrogens is 475 g/mol. The second kappa shape index (κ2) is 8.24. The zero-order valence-corrected chi connectivity index (χ0v) is 20.0. The molecule has 0 atom stereocenters. The van der Waals surface area contributed by atoms with Crippen molar-refractivity contribution in [2.75, 3.05) is 6.61 Å². The van der Waals surface area contributed by atoms with Gasteiger partial charge in [0.1, 0.15) is 21.8 Å². The van der Waals surface area contributed by atoms with Crippen molar-refractivity contribution in [2.45, 2.75) is 75.9 Å². The van der Waals surface area contributed by atoms with E-state index in [1.54, 1.807) is 12.1 Å². The molecule has 2 aromatic rings. The van der Waals surface area contributed by atoms with Crippen LogP contribution in [0.4, 0.5) is 4.39 Å². The Labute approximate surface area is 196 Å². The Bertz CT molecular complexity index is 1000. The van der Waals surface area contributed by atoms with Crippen molar-refractivity contribution in [3.63, 3.8) is 0 Å². The van der Waals surface area contributed by atoms with Gasteiger partial charge in [-0.3, -0.25) is 4.79 Å². The van der Waals surface area contributed by atoms with E-state index in [0.29, 0.717) is 49.7 Å². The molecule has 1 aromatic heterocycles. The number of carboxylic acid groups (broad SMARTS) is 1. The standard InChI is InChI=1S/C25H30BrFN2O3/c1-16-21(26)28-22(29(16)14-17-2-3-17)25(32-15-18-4-5-18)12-10-24(11-13-25,23(30)31)19-6-8-20(27)9-7-19/h6-9,17-18H,2-5,10-15H2,1H3,(H,30,31)/t24-,25+. The Balaban J connectivity index is 1.49. The Kier molecular flexibility index (Phi) is 5.69. The molecule has 0 unspecified atom stereocenters. The number of benzene rings is 1. The van der Waals surface area contributed by atoms with Crippen molar-refractivity contribution in [1.82, 2.24) is 9.55 Å². The van der Waals surface area contributed by atoms with Crippen LogP contribution < -0.4 is 0 Å². The van der Waals surface area contributed by atoms with Crippen molar-refractivity contribution < 1.29 is 19.0 Å². The second-order valence-corrected chi connectivity index (χ2v) is 10.8. The zero-order chi connectivity index (χ0) is 22.5. The average molecular weight is 505 g/mol. The van der Waals surface area contributed by atoms with Gasteiger partial charge < -0.3 is 14.4 Å². The zero-order valence-electron chi connectivity index (χ0n) is 18.4. The van der Waals surface area contributed by atoms with Crippen LogP contribution in [0.3, 0.4) is 0 Å². The van der Waals surface area contributed by atoms with Crippen LogP contribution in [0.25, 0.3) is 0 Å². The fraction of sp³-hybridized carbons (Fsp3) is 0.600. The van der Waals surface area contributed by atoms with Gasteiger partial charge in [0.15, 0.2) is 0 Å². The van der Waals surface area contributed by atoms with Gasteiger partial charge in [-0.15, -0.1) is 0 Å². The number of halogens is 2. The van der Waals surface area contributed by atoms with E-state index in [0.717, 1.165) is 22.7 Å². The number of imidazole rings is 1. The van der Waals surface area contributed by atoms with E-state index < -0.39 is 17.0 Å². The van der Waals surface area contributed by atoms with Gasteiger partial charge in [-0.2, -0.15) is 0 Å². The molecule has 0 spiro atoms. The highest BCUT2D eigenvalue weighted by Gasteiger charge is 2.52. The molecule has 1 heterocycles. The highest BCUT2D eigenvalue weighted by molar-refractivity contribution is 9.10. The summed E-state index contributed by atoms with van der Waals surface area (Å²) in [6.45, 7) is 3.72. The lowest BCUT2D eigenvalue weighted by Gasteiger charge is -2.44. The number of aliphatic carboxylic acids is 1. The molecule has 0 radical (unpaired) electrons. The van der Waals surface area contributed by atoms with Crippen LogP contribution in [0.1, 0.15) is 68.4 Å². The Hall–Kier alpha value is -1.73. The normalized spacial score (nSPS) is 28.1. The predicted molar refractivity (Wildman–Crippen MR) is 122 cm³/mol. The van der Waals surface area contributed by atoms with E-state index in [-0.39, 0.29) is 5.82 Å². The van der Waals surface area contributed by atoms with Gasteiger partial charge >= 0.3 is 5.97 Å². The number of nitrogens with zero attached hydrogens (tertiary/aromatic N) is 2. The highest BCUT2D eigenvalue weighted by atomic mass is 79.9. The number of carbonyl (C=O) groups is 1. The lowest BCUT2D eigenvalue weighted by atomic mass is 9.65. The number of hydrogen-bond donors (Lipinski definition) is 1. The van der Waals surface area contributed by atoms with Crippen LogP contribution in [-0.4, -0.2) is 27.2 Å². The molecular formula is C25H30BrFN2O3. The molecule has 5 nitrogen and oxygen atoms in total. The van der Waals surface area contributed by atoms with Gasteiger partial charge in [-0.25, -0.2) is 9.37 Å². The molecule has 3 saturated carbocycles. The number of hydrogen-bond acceptors (Lipinski definition) is 3. The fourth-order valence-electron chi connectivity index (χ4n) is 5.10. The quantitative estimate of drug-likeness (QED) is 0.499. The molecule has 0 saturated heterocycles. The molecule has 1 aromatic carbocycles. The van der Waals surface area contributed by atoms with Crippen LogP contribution >= 0.6 is 15.9 Å². The first-order valence-electron chi connectivity index (χ1n) is 11.7. The molecule has 3 aliphatic carbocycles. The molecule has 1 N–H and O–H groups in total. The van der Waals surface area contributed by atoms with Crippen LogP contribution in [0, 0.1) is 24.6 Å². The van der Waals surface area contributed by atoms with E-state index in [9.17, 15) is 14.3 Å². The maximum atomic E-state index is 13.5. The van der Waals surface area contributed by atoms with Gasteiger partial charge in [0.25, 0.3) is 0 Å². The summed E-state index contributed by atoms with van der Waals surface area (Å²) in [6.07, 6.45) is 6.92. The minimum absolute atomic E-state index is 0.352. The summed E-state index contributed by atoms with van der Waals surface area (Å²) in [7, 11) is 0. The minimum atomic E-state index is -1.03. The van der Waals surface area contributed by atoms with Crippen LogP contribution in [-0.2, 0) is 27.1 Å². The first-order chi connectivity index (χ1) is 15.3. The summed E-state index contributed by atoms with van der Waals surface area (Å²) in [4.78, 5) is 17.4. The van der Waals surface area contributed by atoms with Gasteiger partial charge in [-0.05, 0) is 104 Å². The monoisotopic (exact) mass is 504 g/mol. The van der Waals surface area contributed by atoms with Crippen molar-refractivity contribution in [3.05, 3.63) is 51.8 Å². The summed E-state index contributed by atoms with van der Waals surface area (Å²) < 4.78 is 23.3. The van der Waals surface area contributed by atoms with Gasteiger partial charge in [0, 0.05) is 12.2 Å². The van der Waals surface area contributed by atoms with E-state index in [1.165, 1.54) is 37.8 Å². The molecule has 32 heavy (non-hydrogen) atoms. The third kappa shape index (κ3) is 4.03. The number of ether oxygens (including phenoxy) is 1. The molecule has 0 bridgehead atoms. The smallest absolute Gasteiger partial charge is 0.314 e. The van der Waals surface area contributed by atoms with Crippen molar-refractivity contribution in [2.24, 2.45) is 11.8 Å². The van der Waals surface area contributed by atoms with Gasteiger partial charge in [0.2, 0.25) is 0 Å². The molecule has 5 rings (SSSR count). The fourth-order valence-corrected chi connectivity index (χ4v) is 5.49. The number of aromatic nitrogens is 2.